The molecule has 1 aliphatic heterocycles. The van der Waals surface area contributed by atoms with Crippen molar-refractivity contribution in [3.05, 3.63) is 56.4 Å². The number of hydrogen-bond donors (Lipinski definition) is 1. The molecule has 1 N–H and O–H groups in total. The largest absolute Gasteiger partial charge is 0.508 e. The lowest BCUT2D eigenvalue weighted by molar-refractivity contribution is 0.101. The van der Waals surface area contributed by atoms with Crippen LogP contribution >= 0.6 is 31.9 Å². The van der Waals surface area contributed by atoms with E-state index in [4.69, 9.17) is 4.74 Å². The van der Waals surface area contributed by atoms with Gasteiger partial charge in [0.1, 0.15) is 11.5 Å². The lowest BCUT2D eigenvalue weighted by atomic mass is 10.1. The van der Waals surface area contributed by atoms with Crippen LogP contribution in [0.2, 0.25) is 0 Å². The number of Topliss-reactive ketones (excluding diaryl/α,β-unsaturated/α-hetero) is 1. The first-order valence-electron chi connectivity index (χ1n) is 5.62. The van der Waals surface area contributed by atoms with Crippen LogP contribution in [0.5, 0.6) is 11.5 Å². The highest BCUT2D eigenvalue weighted by Crippen LogP contribution is 2.36. The van der Waals surface area contributed by atoms with Crippen molar-refractivity contribution >= 4 is 43.7 Å². The van der Waals surface area contributed by atoms with Crippen LogP contribution in [0.4, 0.5) is 0 Å². The van der Waals surface area contributed by atoms with Crippen LogP contribution in [0.15, 0.2) is 45.3 Å². The summed E-state index contributed by atoms with van der Waals surface area (Å²) in [6.07, 6.45) is 4.90. The first kappa shape index (κ1) is 13.3. The molecule has 0 aliphatic carbocycles. The molecule has 2 aromatic rings. The fourth-order valence-electron chi connectivity index (χ4n) is 1.87. The van der Waals surface area contributed by atoms with E-state index >= 15 is 0 Å². The maximum Gasteiger partial charge on any atom is 0.231 e. The number of rotatable bonds is 1. The minimum absolute atomic E-state index is 0.0593. The molecule has 4 nitrogen and oxygen atoms in total. The van der Waals surface area contributed by atoms with Gasteiger partial charge in [-0.15, -0.1) is 0 Å². The molecule has 0 saturated heterocycles. The molecule has 0 amide bonds. The summed E-state index contributed by atoms with van der Waals surface area (Å²) in [4.78, 5) is 16.2. The van der Waals surface area contributed by atoms with Crippen LogP contribution in [0, 0.1) is 0 Å². The monoisotopic (exact) mass is 395 g/mol. The Hall–Kier alpha value is -1.66. The zero-order chi connectivity index (χ0) is 14.3. The van der Waals surface area contributed by atoms with Crippen molar-refractivity contribution < 1.29 is 14.6 Å². The van der Waals surface area contributed by atoms with E-state index in [1.807, 2.05) is 0 Å². The van der Waals surface area contributed by atoms with Gasteiger partial charge in [-0.1, -0.05) is 0 Å². The number of pyridine rings is 1. The molecule has 0 radical (unpaired) electrons. The standard InChI is InChI=1S/C14H7Br2NO3/c15-10-5-17-6-11(16)9(10)4-13-14(19)8-2-1-7(18)3-12(8)20-13/h1-6,18H. The number of ether oxygens (including phenoxy) is 1. The van der Waals surface area contributed by atoms with Crippen molar-refractivity contribution in [3.8, 4) is 11.5 Å². The average molecular weight is 397 g/mol. The molecule has 0 fully saturated rings. The first-order chi connectivity index (χ1) is 9.56. The van der Waals surface area contributed by atoms with E-state index in [0.29, 0.717) is 11.3 Å². The van der Waals surface area contributed by atoms with Crippen molar-refractivity contribution in [2.75, 3.05) is 0 Å². The summed E-state index contributed by atoms with van der Waals surface area (Å²) in [5.74, 6) is 0.417. The van der Waals surface area contributed by atoms with Crippen LogP contribution in [0.1, 0.15) is 15.9 Å². The highest BCUT2D eigenvalue weighted by atomic mass is 79.9. The van der Waals surface area contributed by atoms with Crippen molar-refractivity contribution in [2.24, 2.45) is 0 Å². The Morgan fingerprint density at radius 1 is 1.20 bits per heavy atom. The van der Waals surface area contributed by atoms with Gasteiger partial charge in [-0.3, -0.25) is 9.78 Å². The Bertz CT molecular complexity index is 736. The summed E-state index contributed by atoms with van der Waals surface area (Å²) in [6, 6.07) is 4.43. The van der Waals surface area contributed by atoms with E-state index in [2.05, 4.69) is 36.8 Å². The van der Waals surface area contributed by atoms with E-state index in [0.717, 1.165) is 14.5 Å². The molecule has 2 heterocycles. The van der Waals surface area contributed by atoms with Crippen LogP contribution in [0.25, 0.3) is 6.08 Å². The molecule has 1 aromatic heterocycles. The van der Waals surface area contributed by atoms with Crippen molar-refractivity contribution in [2.45, 2.75) is 0 Å². The molecule has 0 unspecified atom stereocenters. The number of benzene rings is 1. The molecule has 20 heavy (non-hydrogen) atoms. The number of carbonyl (C=O) groups is 1. The molecule has 100 valence electrons. The topological polar surface area (TPSA) is 59.4 Å². The summed E-state index contributed by atoms with van der Waals surface area (Å²) in [5, 5.41) is 9.41. The van der Waals surface area contributed by atoms with Crippen molar-refractivity contribution in [1.82, 2.24) is 4.98 Å². The first-order valence-corrected chi connectivity index (χ1v) is 7.21. The van der Waals surface area contributed by atoms with Gasteiger partial charge in [-0.25, -0.2) is 0 Å². The number of hydrogen-bond acceptors (Lipinski definition) is 4. The molecule has 0 spiro atoms. The van der Waals surface area contributed by atoms with E-state index in [9.17, 15) is 9.90 Å². The third-order valence-electron chi connectivity index (χ3n) is 2.82. The number of allylic oxidation sites excluding steroid dienone is 1. The van der Waals surface area contributed by atoms with Gasteiger partial charge in [0, 0.05) is 33.0 Å². The smallest absolute Gasteiger partial charge is 0.231 e. The summed E-state index contributed by atoms with van der Waals surface area (Å²) >= 11 is 6.75. The van der Waals surface area contributed by atoms with Crippen LogP contribution in [-0.2, 0) is 0 Å². The van der Waals surface area contributed by atoms with E-state index < -0.39 is 0 Å². The molecular weight excluding hydrogens is 390 g/mol. The van der Waals surface area contributed by atoms with Crippen molar-refractivity contribution in [3.63, 3.8) is 0 Å². The third kappa shape index (κ3) is 2.25. The van der Waals surface area contributed by atoms with Gasteiger partial charge >= 0.3 is 0 Å². The molecule has 0 saturated carbocycles. The summed E-state index contributed by atoms with van der Waals surface area (Å²) in [6.45, 7) is 0. The fourth-order valence-corrected chi connectivity index (χ4v) is 3.02. The van der Waals surface area contributed by atoms with E-state index in [1.54, 1.807) is 24.5 Å². The molecule has 3 rings (SSSR count). The quantitative estimate of drug-likeness (QED) is 0.742. The Morgan fingerprint density at radius 2 is 1.90 bits per heavy atom. The number of ketones is 1. The number of phenolic OH excluding ortho intramolecular Hbond substituents is 1. The predicted molar refractivity (Wildman–Crippen MR) is 80.7 cm³/mol. The molecule has 1 aliphatic rings. The van der Waals surface area contributed by atoms with Gasteiger partial charge in [0.2, 0.25) is 5.78 Å². The minimum atomic E-state index is -0.212. The minimum Gasteiger partial charge on any atom is -0.508 e. The van der Waals surface area contributed by atoms with Gasteiger partial charge in [-0.2, -0.15) is 0 Å². The second-order valence-corrected chi connectivity index (χ2v) is 5.85. The summed E-state index contributed by atoms with van der Waals surface area (Å²) < 4.78 is 6.99. The molecule has 0 bridgehead atoms. The number of nitrogens with zero attached hydrogens (tertiary/aromatic N) is 1. The molecular formula is C14H7Br2NO3. The van der Waals surface area contributed by atoms with Gasteiger partial charge in [-0.05, 0) is 50.1 Å². The molecule has 0 atom stereocenters. The van der Waals surface area contributed by atoms with E-state index in [1.165, 1.54) is 12.1 Å². The van der Waals surface area contributed by atoms with Crippen molar-refractivity contribution in [1.29, 1.82) is 0 Å². The van der Waals surface area contributed by atoms with Crippen LogP contribution in [0.3, 0.4) is 0 Å². The van der Waals surface area contributed by atoms with E-state index in [-0.39, 0.29) is 17.3 Å². The number of halogens is 2. The number of aromatic hydroxyl groups is 1. The third-order valence-corrected chi connectivity index (χ3v) is 4.08. The zero-order valence-electron chi connectivity index (χ0n) is 9.93. The summed E-state index contributed by atoms with van der Waals surface area (Å²) in [5.41, 5.74) is 1.20. The number of carbonyl (C=O) groups excluding carboxylic acids is 1. The van der Waals surface area contributed by atoms with Crippen LogP contribution in [-0.4, -0.2) is 15.9 Å². The number of aromatic nitrogens is 1. The molecule has 6 heteroatoms. The second-order valence-electron chi connectivity index (χ2n) is 4.14. The van der Waals surface area contributed by atoms with Crippen LogP contribution < -0.4 is 4.74 Å². The Balaban J connectivity index is 2.06. The van der Waals surface area contributed by atoms with Gasteiger partial charge in [0.15, 0.2) is 5.76 Å². The normalized spacial score (nSPS) is 15.3. The van der Waals surface area contributed by atoms with Gasteiger partial charge in [0.05, 0.1) is 5.56 Å². The Morgan fingerprint density at radius 3 is 2.60 bits per heavy atom. The average Bonchev–Trinajstić information content (AvgIpc) is 2.70. The molecule has 1 aromatic carbocycles. The fraction of sp³-hybridized carbons (Fsp3) is 0. The zero-order valence-corrected chi connectivity index (χ0v) is 13.1. The number of phenols is 1. The lowest BCUT2D eigenvalue weighted by Crippen LogP contribution is -1.98. The number of fused-ring (bicyclic) bond motifs is 1. The summed E-state index contributed by atoms with van der Waals surface area (Å²) in [7, 11) is 0. The Labute approximate surface area is 131 Å². The highest BCUT2D eigenvalue weighted by Gasteiger charge is 2.27. The van der Waals surface area contributed by atoms with Gasteiger partial charge in [0.25, 0.3) is 0 Å². The maximum atomic E-state index is 12.2. The highest BCUT2D eigenvalue weighted by molar-refractivity contribution is 9.11. The predicted octanol–water partition coefficient (Wildman–Crippen LogP) is 3.93. The maximum absolute atomic E-state index is 12.2. The SMILES string of the molecule is O=C1C(=Cc2c(Br)cncc2Br)Oc2cc(O)ccc21. The Kier molecular flexibility index (Phi) is 3.35. The lowest BCUT2D eigenvalue weighted by Gasteiger charge is -2.03. The van der Waals surface area contributed by atoms with Gasteiger partial charge < -0.3 is 9.84 Å². The second kappa shape index (κ2) is 5.03.